The van der Waals surface area contributed by atoms with E-state index in [1.807, 2.05) is 20.4 Å². The van der Waals surface area contributed by atoms with Gasteiger partial charge in [0, 0.05) is 13.6 Å². The van der Waals surface area contributed by atoms with Crippen molar-refractivity contribution in [1.29, 1.82) is 0 Å². The summed E-state index contributed by atoms with van der Waals surface area (Å²) in [4.78, 5) is 4.28. The van der Waals surface area contributed by atoms with Gasteiger partial charge in [-0.1, -0.05) is 6.92 Å². The molecule has 0 aromatic carbocycles. The van der Waals surface area contributed by atoms with Crippen LogP contribution in [-0.2, 0) is 20.0 Å². The molecule has 1 heterocycles. The topological polar surface area (TPSA) is 29.9 Å². The van der Waals surface area contributed by atoms with Gasteiger partial charge in [0.1, 0.15) is 0 Å². The van der Waals surface area contributed by atoms with Gasteiger partial charge in [-0.3, -0.25) is 0 Å². The molecule has 62 valence electrons. The summed E-state index contributed by atoms with van der Waals surface area (Å²) in [5, 5.41) is 3.12. The fraction of sp³-hybridized carbons (Fsp3) is 0.625. The summed E-state index contributed by atoms with van der Waals surface area (Å²) in [5.41, 5.74) is 2.48. The summed E-state index contributed by atoms with van der Waals surface area (Å²) in [5.74, 6) is 0. The van der Waals surface area contributed by atoms with E-state index < -0.39 is 0 Å². The zero-order valence-electron chi connectivity index (χ0n) is 7.39. The molecule has 1 aromatic heterocycles. The van der Waals surface area contributed by atoms with Crippen molar-refractivity contribution in [1.82, 2.24) is 14.9 Å². The summed E-state index contributed by atoms with van der Waals surface area (Å²) < 4.78 is 2.06. The quantitative estimate of drug-likeness (QED) is 0.692. The van der Waals surface area contributed by atoms with Gasteiger partial charge in [0.2, 0.25) is 0 Å². The van der Waals surface area contributed by atoms with Crippen molar-refractivity contribution in [3.63, 3.8) is 0 Å². The van der Waals surface area contributed by atoms with Gasteiger partial charge in [0.15, 0.2) is 0 Å². The lowest BCUT2D eigenvalue weighted by Crippen LogP contribution is -2.10. The number of rotatable bonds is 3. The molecule has 0 spiro atoms. The maximum atomic E-state index is 4.28. The Kier molecular flexibility index (Phi) is 2.65. The fourth-order valence-corrected chi connectivity index (χ4v) is 1.19. The van der Waals surface area contributed by atoms with Gasteiger partial charge in [-0.2, -0.15) is 0 Å². The van der Waals surface area contributed by atoms with Crippen LogP contribution in [0.15, 0.2) is 6.33 Å². The second-order valence-corrected chi connectivity index (χ2v) is 2.63. The zero-order valence-corrected chi connectivity index (χ0v) is 7.39. The number of nitrogens with one attached hydrogen (secondary N) is 1. The Hall–Kier alpha value is -0.830. The summed E-state index contributed by atoms with van der Waals surface area (Å²) in [6.45, 7) is 3.03. The Morgan fingerprint density at radius 2 is 2.36 bits per heavy atom. The molecule has 11 heavy (non-hydrogen) atoms. The predicted octanol–water partition coefficient (Wildman–Crippen LogP) is 0.702. The minimum atomic E-state index is 0.902. The lowest BCUT2D eigenvalue weighted by molar-refractivity contribution is 0.724. The van der Waals surface area contributed by atoms with E-state index in [1.165, 1.54) is 11.4 Å². The first-order valence-electron chi connectivity index (χ1n) is 3.93. The highest BCUT2D eigenvalue weighted by molar-refractivity contribution is 5.12. The van der Waals surface area contributed by atoms with Crippen molar-refractivity contribution in [2.75, 3.05) is 7.05 Å². The first-order valence-corrected chi connectivity index (χ1v) is 3.93. The van der Waals surface area contributed by atoms with Crippen LogP contribution >= 0.6 is 0 Å². The van der Waals surface area contributed by atoms with Crippen LogP contribution in [0.1, 0.15) is 18.3 Å². The number of imidazole rings is 1. The van der Waals surface area contributed by atoms with E-state index in [9.17, 15) is 0 Å². The summed E-state index contributed by atoms with van der Waals surface area (Å²) in [7, 11) is 3.98. The average Bonchev–Trinajstić information content (AvgIpc) is 2.34. The standard InChI is InChI=1S/C8H15N3/c1-4-7-8(5-9-2)11(3)6-10-7/h6,9H,4-5H2,1-3H3. The van der Waals surface area contributed by atoms with Crippen LogP contribution in [0.3, 0.4) is 0 Å². The van der Waals surface area contributed by atoms with E-state index in [1.54, 1.807) is 0 Å². The molecule has 0 unspecified atom stereocenters. The zero-order chi connectivity index (χ0) is 8.27. The van der Waals surface area contributed by atoms with E-state index in [0.717, 1.165) is 13.0 Å². The van der Waals surface area contributed by atoms with E-state index in [0.29, 0.717) is 0 Å². The minimum absolute atomic E-state index is 0.902. The number of hydrogen-bond acceptors (Lipinski definition) is 2. The molecule has 0 aliphatic carbocycles. The molecular weight excluding hydrogens is 138 g/mol. The van der Waals surface area contributed by atoms with Crippen LogP contribution < -0.4 is 5.32 Å². The third kappa shape index (κ3) is 1.60. The van der Waals surface area contributed by atoms with Gasteiger partial charge in [0.05, 0.1) is 17.7 Å². The molecule has 1 aromatic rings. The predicted molar refractivity (Wildman–Crippen MR) is 45.3 cm³/mol. The van der Waals surface area contributed by atoms with Crippen molar-refractivity contribution in [3.05, 3.63) is 17.7 Å². The molecule has 3 nitrogen and oxygen atoms in total. The van der Waals surface area contributed by atoms with Gasteiger partial charge in [-0.25, -0.2) is 4.98 Å². The van der Waals surface area contributed by atoms with Crippen LogP contribution in [0.4, 0.5) is 0 Å². The molecule has 0 amide bonds. The highest BCUT2D eigenvalue weighted by Crippen LogP contribution is 2.05. The van der Waals surface area contributed by atoms with Crippen LogP contribution in [0.25, 0.3) is 0 Å². The van der Waals surface area contributed by atoms with Gasteiger partial charge in [0.25, 0.3) is 0 Å². The first-order chi connectivity index (χ1) is 5.29. The largest absolute Gasteiger partial charge is 0.336 e. The second-order valence-electron chi connectivity index (χ2n) is 2.63. The normalized spacial score (nSPS) is 10.5. The van der Waals surface area contributed by atoms with Crippen LogP contribution in [-0.4, -0.2) is 16.6 Å². The van der Waals surface area contributed by atoms with E-state index in [2.05, 4.69) is 21.8 Å². The van der Waals surface area contributed by atoms with Crippen molar-refractivity contribution < 1.29 is 0 Å². The number of nitrogens with zero attached hydrogens (tertiary/aromatic N) is 2. The Bertz CT molecular complexity index is 227. The maximum absolute atomic E-state index is 4.28. The second kappa shape index (κ2) is 3.53. The lowest BCUT2D eigenvalue weighted by atomic mass is 10.2. The van der Waals surface area contributed by atoms with E-state index >= 15 is 0 Å². The summed E-state index contributed by atoms with van der Waals surface area (Å²) >= 11 is 0. The first kappa shape index (κ1) is 8.27. The fourth-order valence-electron chi connectivity index (χ4n) is 1.19. The third-order valence-electron chi connectivity index (χ3n) is 1.82. The van der Waals surface area contributed by atoms with E-state index in [-0.39, 0.29) is 0 Å². The Labute approximate surface area is 67.4 Å². The Balaban J connectivity index is 2.88. The molecule has 0 aliphatic heterocycles. The van der Waals surface area contributed by atoms with Gasteiger partial charge in [-0.05, 0) is 13.5 Å². The van der Waals surface area contributed by atoms with Gasteiger partial charge < -0.3 is 9.88 Å². The molecule has 1 N–H and O–H groups in total. The SMILES string of the molecule is CCc1ncn(C)c1CNC. The number of aryl methyl sites for hydroxylation is 2. The molecule has 0 saturated heterocycles. The summed E-state index contributed by atoms with van der Waals surface area (Å²) in [6.07, 6.45) is 2.88. The van der Waals surface area contributed by atoms with Crippen molar-refractivity contribution in [2.45, 2.75) is 19.9 Å². The maximum Gasteiger partial charge on any atom is 0.0949 e. The molecule has 0 radical (unpaired) electrons. The molecule has 3 heteroatoms. The average molecular weight is 153 g/mol. The monoisotopic (exact) mass is 153 g/mol. The Morgan fingerprint density at radius 1 is 1.64 bits per heavy atom. The minimum Gasteiger partial charge on any atom is -0.336 e. The van der Waals surface area contributed by atoms with Crippen LogP contribution in [0, 0.1) is 0 Å². The van der Waals surface area contributed by atoms with Gasteiger partial charge >= 0.3 is 0 Å². The molecule has 0 bridgehead atoms. The summed E-state index contributed by atoms with van der Waals surface area (Å²) in [6, 6.07) is 0. The smallest absolute Gasteiger partial charge is 0.0949 e. The van der Waals surface area contributed by atoms with Crippen molar-refractivity contribution >= 4 is 0 Å². The molecule has 1 rings (SSSR count). The van der Waals surface area contributed by atoms with Crippen molar-refractivity contribution in [3.8, 4) is 0 Å². The Morgan fingerprint density at radius 3 is 2.91 bits per heavy atom. The molecule has 0 aliphatic rings. The van der Waals surface area contributed by atoms with Crippen molar-refractivity contribution in [2.24, 2.45) is 7.05 Å². The number of aromatic nitrogens is 2. The molecule has 0 fully saturated rings. The van der Waals surface area contributed by atoms with Crippen LogP contribution in [0.5, 0.6) is 0 Å². The molecule has 0 saturated carbocycles. The third-order valence-corrected chi connectivity index (χ3v) is 1.82. The highest BCUT2D eigenvalue weighted by Gasteiger charge is 2.04. The molecular formula is C8H15N3. The van der Waals surface area contributed by atoms with Crippen LogP contribution in [0.2, 0.25) is 0 Å². The lowest BCUT2D eigenvalue weighted by Gasteiger charge is -2.02. The number of hydrogen-bond donors (Lipinski definition) is 1. The van der Waals surface area contributed by atoms with E-state index in [4.69, 9.17) is 0 Å². The molecule has 0 atom stereocenters. The van der Waals surface area contributed by atoms with Gasteiger partial charge in [-0.15, -0.1) is 0 Å². The highest BCUT2D eigenvalue weighted by atomic mass is 15.1.